The predicted octanol–water partition coefficient (Wildman–Crippen LogP) is 0.724. The molecule has 3 aromatic rings. The molecule has 7 heteroatoms. The number of aromatic nitrogens is 4. The van der Waals surface area contributed by atoms with E-state index in [9.17, 15) is 9.59 Å². The van der Waals surface area contributed by atoms with E-state index in [-0.39, 0.29) is 24.1 Å². The molecule has 0 saturated carbocycles. The highest BCUT2D eigenvalue weighted by molar-refractivity contribution is 5.79. The first-order chi connectivity index (χ1) is 11.7. The van der Waals surface area contributed by atoms with Crippen LogP contribution >= 0.6 is 0 Å². The average Bonchev–Trinajstić information content (AvgIpc) is 3.05. The largest absolute Gasteiger partial charge is 0.350 e. The first kappa shape index (κ1) is 14.6. The molecule has 1 N–H and O–H groups in total. The Balaban J connectivity index is 1.47. The normalized spacial score (nSPS) is 16.8. The molecule has 4 rings (SSSR count). The van der Waals surface area contributed by atoms with Gasteiger partial charge in [0.15, 0.2) is 0 Å². The molecule has 7 nitrogen and oxygen atoms in total. The van der Waals surface area contributed by atoms with Gasteiger partial charge in [-0.05, 0) is 18.6 Å². The number of rotatable bonds is 3. The maximum atomic E-state index is 12.4. The summed E-state index contributed by atoms with van der Waals surface area (Å²) in [7, 11) is 0. The highest BCUT2D eigenvalue weighted by Gasteiger charge is 2.20. The molecule has 0 aliphatic carbocycles. The van der Waals surface area contributed by atoms with Gasteiger partial charge in [-0.15, -0.1) is 0 Å². The number of carbonyl (C=O) groups is 1. The van der Waals surface area contributed by atoms with Gasteiger partial charge in [0.1, 0.15) is 12.4 Å². The van der Waals surface area contributed by atoms with E-state index in [4.69, 9.17) is 0 Å². The number of fused-ring (bicyclic) bond motifs is 2. The van der Waals surface area contributed by atoms with Gasteiger partial charge in [0, 0.05) is 31.4 Å². The van der Waals surface area contributed by atoms with Crippen molar-refractivity contribution in [2.45, 2.75) is 32.0 Å². The summed E-state index contributed by atoms with van der Waals surface area (Å²) in [6.45, 7) is 0.690. The van der Waals surface area contributed by atoms with Crippen LogP contribution in [-0.2, 0) is 24.3 Å². The smallest absolute Gasteiger partial charge is 0.261 e. The van der Waals surface area contributed by atoms with Gasteiger partial charge in [0.2, 0.25) is 5.91 Å². The zero-order valence-corrected chi connectivity index (χ0v) is 13.1. The number of nitrogens with zero attached hydrogens (tertiary/aromatic N) is 4. The van der Waals surface area contributed by atoms with E-state index >= 15 is 0 Å². The average molecular weight is 323 g/mol. The number of benzene rings is 1. The quantitative estimate of drug-likeness (QED) is 0.770. The van der Waals surface area contributed by atoms with E-state index in [2.05, 4.69) is 19.9 Å². The summed E-state index contributed by atoms with van der Waals surface area (Å²) < 4.78 is 3.40. The van der Waals surface area contributed by atoms with Crippen LogP contribution in [0.3, 0.4) is 0 Å². The molecule has 0 fully saturated rings. The van der Waals surface area contributed by atoms with Crippen LogP contribution in [0.2, 0.25) is 0 Å². The van der Waals surface area contributed by atoms with E-state index in [0.29, 0.717) is 17.4 Å². The number of imidazole rings is 1. The summed E-state index contributed by atoms with van der Waals surface area (Å²) >= 11 is 0. The first-order valence-corrected chi connectivity index (χ1v) is 7.94. The van der Waals surface area contributed by atoms with Gasteiger partial charge in [0.25, 0.3) is 5.56 Å². The van der Waals surface area contributed by atoms with Gasteiger partial charge in [-0.2, -0.15) is 0 Å². The van der Waals surface area contributed by atoms with Crippen molar-refractivity contribution >= 4 is 16.8 Å². The molecule has 122 valence electrons. The van der Waals surface area contributed by atoms with E-state index in [1.807, 2.05) is 12.3 Å². The molecule has 24 heavy (non-hydrogen) atoms. The number of hydrogen-bond acceptors (Lipinski definition) is 4. The lowest BCUT2D eigenvalue weighted by atomic mass is 10.1. The third-order valence-electron chi connectivity index (χ3n) is 4.35. The molecule has 1 aliphatic heterocycles. The fourth-order valence-corrected chi connectivity index (χ4v) is 3.13. The van der Waals surface area contributed by atoms with Crippen molar-refractivity contribution in [1.82, 2.24) is 24.4 Å². The lowest BCUT2D eigenvalue weighted by molar-refractivity contribution is -0.122. The van der Waals surface area contributed by atoms with E-state index in [1.165, 1.54) is 10.9 Å². The number of amides is 1. The molecule has 2 aromatic heterocycles. The van der Waals surface area contributed by atoms with Crippen LogP contribution in [0.4, 0.5) is 0 Å². The molecule has 1 amide bonds. The van der Waals surface area contributed by atoms with Crippen LogP contribution in [0.1, 0.15) is 12.2 Å². The Morgan fingerprint density at radius 2 is 2.17 bits per heavy atom. The minimum absolute atomic E-state index is 0.0239. The fourth-order valence-electron chi connectivity index (χ4n) is 3.13. The summed E-state index contributed by atoms with van der Waals surface area (Å²) in [6, 6.07) is 7.19. The minimum atomic E-state index is -0.198. The van der Waals surface area contributed by atoms with Gasteiger partial charge in [-0.1, -0.05) is 12.1 Å². The highest BCUT2D eigenvalue weighted by atomic mass is 16.2. The molecule has 0 unspecified atom stereocenters. The van der Waals surface area contributed by atoms with Crippen LogP contribution in [0.25, 0.3) is 10.9 Å². The van der Waals surface area contributed by atoms with E-state index < -0.39 is 0 Å². The molecule has 1 aliphatic rings. The van der Waals surface area contributed by atoms with Gasteiger partial charge >= 0.3 is 0 Å². The standard InChI is InChI=1S/C17H17N5O2/c23-16(20-12-5-6-15-18-7-8-21(15)9-12)10-22-11-19-14-4-2-1-3-13(14)17(22)24/h1-4,7-8,11-12H,5-6,9-10H2,(H,20,23)/t12-/m1/s1. The van der Waals surface area contributed by atoms with Gasteiger partial charge < -0.3 is 9.88 Å². The van der Waals surface area contributed by atoms with Crippen LogP contribution in [0.5, 0.6) is 0 Å². The number of carbonyl (C=O) groups excluding carboxylic acids is 1. The van der Waals surface area contributed by atoms with Crippen LogP contribution in [0.15, 0.2) is 47.8 Å². The molecule has 1 aromatic carbocycles. The van der Waals surface area contributed by atoms with E-state index in [1.54, 1.807) is 24.4 Å². The Bertz CT molecular complexity index is 959. The van der Waals surface area contributed by atoms with Crippen molar-refractivity contribution in [3.63, 3.8) is 0 Å². The van der Waals surface area contributed by atoms with Crippen molar-refractivity contribution in [1.29, 1.82) is 0 Å². The van der Waals surface area contributed by atoms with Crippen LogP contribution in [-0.4, -0.2) is 31.1 Å². The fraction of sp³-hybridized carbons (Fsp3) is 0.294. The molecular formula is C17H17N5O2. The monoisotopic (exact) mass is 323 g/mol. The minimum Gasteiger partial charge on any atom is -0.350 e. The van der Waals surface area contributed by atoms with Gasteiger partial charge in [-0.3, -0.25) is 14.2 Å². The number of hydrogen-bond donors (Lipinski definition) is 1. The Labute approximate surface area is 138 Å². The van der Waals surface area contributed by atoms with Crippen LogP contribution in [0, 0.1) is 0 Å². The first-order valence-electron chi connectivity index (χ1n) is 7.94. The van der Waals surface area contributed by atoms with Crippen molar-refractivity contribution < 1.29 is 4.79 Å². The van der Waals surface area contributed by atoms with Crippen molar-refractivity contribution in [3.8, 4) is 0 Å². The second-order valence-electron chi connectivity index (χ2n) is 5.99. The van der Waals surface area contributed by atoms with E-state index in [0.717, 1.165) is 18.7 Å². The highest BCUT2D eigenvalue weighted by Crippen LogP contribution is 2.13. The molecule has 0 spiro atoms. The summed E-state index contributed by atoms with van der Waals surface area (Å²) in [5.41, 5.74) is 0.440. The summed E-state index contributed by atoms with van der Waals surface area (Å²) in [5.74, 6) is 0.873. The number of para-hydroxylation sites is 1. The molecule has 3 heterocycles. The molecule has 0 saturated heterocycles. The number of aryl methyl sites for hydroxylation is 1. The Morgan fingerprint density at radius 3 is 3.08 bits per heavy atom. The maximum Gasteiger partial charge on any atom is 0.261 e. The molecule has 0 radical (unpaired) electrons. The topological polar surface area (TPSA) is 81.8 Å². The van der Waals surface area contributed by atoms with Crippen LogP contribution < -0.4 is 10.9 Å². The molecular weight excluding hydrogens is 306 g/mol. The number of nitrogens with one attached hydrogen (secondary N) is 1. The summed E-state index contributed by atoms with van der Waals surface area (Å²) in [5, 5.41) is 3.52. The zero-order valence-electron chi connectivity index (χ0n) is 13.1. The lowest BCUT2D eigenvalue weighted by Crippen LogP contribution is -2.43. The Hall–Kier alpha value is -2.96. The Kier molecular flexibility index (Phi) is 3.60. The molecule has 0 bridgehead atoms. The summed E-state index contributed by atoms with van der Waals surface area (Å²) in [6.07, 6.45) is 6.83. The summed E-state index contributed by atoms with van der Waals surface area (Å²) in [4.78, 5) is 33.2. The van der Waals surface area contributed by atoms with Gasteiger partial charge in [0.05, 0.1) is 17.2 Å². The van der Waals surface area contributed by atoms with Crippen molar-refractivity contribution in [2.24, 2.45) is 0 Å². The second-order valence-corrected chi connectivity index (χ2v) is 5.99. The van der Waals surface area contributed by atoms with Crippen molar-refractivity contribution in [3.05, 3.63) is 59.2 Å². The third-order valence-corrected chi connectivity index (χ3v) is 4.35. The van der Waals surface area contributed by atoms with Gasteiger partial charge in [-0.25, -0.2) is 9.97 Å². The van der Waals surface area contributed by atoms with Crippen molar-refractivity contribution in [2.75, 3.05) is 0 Å². The lowest BCUT2D eigenvalue weighted by Gasteiger charge is -2.24. The predicted molar refractivity (Wildman–Crippen MR) is 88.5 cm³/mol. The SMILES string of the molecule is O=C(Cn1cnc2ccccc2c1=O)N[C@@H]1CCc2nccn2C1. The Morgan fingerprint density at radius 1 is 1.29 bits per heavy atom. The third kappa shape index (κ3) is 2.68. The zero-order chi connectivity index (χ0) is 16.5. The maximum absolute atomic E-state index is 12.4. The second kappa shape index (κ2) is 5.92. The molecule has 1 atom stereocenters.